The second-order valence-corrected chi connectivity index (χ2v) is 4.87. The number of hydrogen-bond acceptors (Lipinski definition) is 6. The Bertz CT molecular complexity index is 411. The molecule has 0 fully saturated rings. The quantitative estimate of drug-likeness (QED) is 0.455. The van der Waals surface area contributed by atoms with Crippen molar-refractivity contribution in [1.29, 1.82) is 0 Å². The van der Waals surface area contributed by atoms with Crippen LogP contribution in [0.2, 0.25) is 0 Å². The minimum atomic E-state index is -0.0866. The molecular formula is C10H17BrN6O. The van der Waals surface area contributed by atoms with Crippen LogP contribution in [0, 0.1) is 5.92 Å². The lowest BCUT2D eigenvalue weighted by Crippen LogP contribution is -2.32. The lowest BCUT2D eigenvalue weighted by Gasteiger charge is -2.11. The van der Waals surface area contributed by atoms with Crippen LogP contribution in [0.25, 0.3) is 0 Å². The topological polar surface area (TPSA) is 105 Å². The molecule has 0 bridgehead atoms. The maximum Gasteiger partial charge on any atom is 0.239 e. The average molecular weight is 317 g/mol. The molecule has 1 heterocycles. The number of hydrogen-bond donors (Lipinski definition) is 4. The molecule has 0 aliphatic heterocycles. The molecule has 0 aromatic carbocycles. The first-order chi connectivity index (χ1) is 8.54. The van der Waals surface area contributed by atoms with Gasteiger partial charge in [-0.05, 0) is 21.8 Å². The fraction of sp³-hybridized carbons (Fsp3) is 0.500. The third-order valence-corrected chi connectivity index (χ3v) is 2.80. The number of nitrogens with two attached hydrogens (primary N) is 1. The van der Waals surface area contributed by atoms with Gasteiger partial charge in [-0.1, -0.05) is 13.8 Å². The molecule has 5 N–H and O–H groups in total. The van der Waals surface area contributed by atoms with E-state index >= 15 is 0 Å². The largest absolute Gasteiger partial charge is 0.360 e. The molecule has 0 unspecified atom stereocenters. The zero-order chi connectivity index (χ0) is 13.5. The zero-order valence-electron chi connectivity index (χ0n) is 10.3. The Kier molecular flexibility index (Phi) is 5.79. The molecule has 0 aliphatic carbocycles. The van der Waals surface area contributed by atoms with Gasteiger partial charge in [0.25, 0.3) is 0 Å². The maximum absolute atomic E-state index is 11.5. The Balaban J connectivity index is 2.51. The summed E-state index contributed by atoms with van der Waals surface area (Å²) in [5, 5.41) is 5.71. The molecule has 7 nitrogen and oxygen atoms in total. The predicted octanol–water partition coefficient (Wildman–Crippen LogP) is 0.709. The third-order valence-electron chi connectivity index (χ3n) is 2.05. The van der Waals surface area contributed by atoms with E-state index in [9.17, 15) is 4.79 Å². The molecule has 1 rings (SSSR count). The first kappa shape index (κ1) is 14.7. The smallest absolute Gasteiger partial charge is 0.239 e. The number of halogens is 1. The summed E-state index contributed by atoms with van der Waals surface area (Å²) in [6.07, 6.45) is 1.36. The number of hydrazine groups is 1. The van der Waals surface area contributed by atoms with E-state index in [1.165, 1.54) is 6.33 Å². The molecule has 0 radical (unpaired) electrons. The van der Waals surface area contributed by atoms with Gasteiger partial charge in [0.1, 0.15) is 16.6 Å². The van der Waals surface area contributed by atoms with Crippen LogP contribution in [0.5, 0.6) is 0 Å². The first-order valence-electron chi connectivity index (χ1n) is 5.52. The van der Waals surface area contributed by atoms with Crippen molar-refractivity contribution >= 4 is 33.5 Å². The van der Waals surface area contributed by atoms with Crippen LogP contribution < -0.4 is 21.9 Å². The molecule has 0 atom stereocenters. The van der Waals surface area contributed by atoms with Crippen LogP contribution in [0.15, 0.2) is 10.8 Å². The van der Waals surface area contributed by atoms with Crippen LogP contribution in [-0.4, -0.2) is 29.0 Å². The highest BCUT2D eigenvalue weighted by Crippen LogP contribution is 2.25. The monoisotopic (exact) mass is 316 g/mol. The predicted molar refractivity (Wildman–Crippen MR) is 73.9 cm³/mol. The number of aromatic nitrogens is 2. The van der Waals surface area contributed by atoms with Crippen LogP contribution >= 0.6 is 15.9 Å². The summed E-state index contributed by atoms with van der Waals surface area (Å²) in [4.78, 5) is 19.4. The summed E-state index contributed by atoms with van der Waals surface area (Å²) < 4.78 is 0.587. The Hall–Kier alpha value is -1.41. The number of nitrogen functional groups attached to an aromatic ring is 1. The van der Waals surface area contributed by atoms with Gasteiger partial charge in [0.2, 0.25) is 5.91 Å². The number of amides is 1. The molecule has 100 valence electrons. The lowest BCUT2D eigenvalue weighted by atomic mass is 10.2. The van der Waals surface area contributed by atoms with Crippen LogP contribution in [0.4, 0.5) is 11.6 Å². The summed E-state index contributed by atoms with van der Waals surface area (Å²) in [6, 6.07) is 0. The summed E-state index contributed by atoms with van der Waals surface area (Å²) in [5.41, 5.74) is 2.42. The summed E-state index contributed by atoms with van der Waals surface area (Å²) in [5.74, 6) is 6.58. The molecule has 0 saturated carbocycles. The SMILES string of the molecule is CC(C)CNC(=O)CNc1ncnc(NN)c1Br. The van der Waals surface area contributed by atoms with Gasteiger partial charge < -0.3 is 16.1 Å². The molecule has 1 aromatic heterocycles. The van der Waals surface area contributed by atoms with Crippen molar-refractivity contribution < 1.29 is 4.79 Å². The van der Waals surface area contributed by atoms with Gasteiger partial charge in [-0.15, -0.1) is 0 Å². The highest BCUT2D eigenvalue weighted by atomic mass is 79.9. The second-order valence-electron chi connectivity index (χ2n) is 4.08. The van der Waals surface area contributed by atoms with E-state index in [4.69, 9.17) is 5.84 Å². The van der Waals surface area contributed by atoms with E-state index in [2.05, 4.69) is 42.0 Å². The zero-order valence-corrected chi connectivity index (χ0v) is 11.9. The van der Waals surface area contributed by atoms with Gasteiger partial charge in [0.05, 0.1) is 6.54 Å². The van der Waals surface area contributed by atoms with E-state index in [0.29, 0.717) is 28.6 Å². The Morgan fingerprint density at radius 1 is 1.44 bits per heavy atom. The fourth-order valence-corrected chi connectivity index (χ4v) is 1.60. The summed E-state index contributed by atoms with van der Waals surface area (Å²) >= 11 is 3.29. The minimum absolute atomic E-state index is 0.0866. The number of carbonyl (C=O) groups excluding carboxylic acids is 1. The molecule has 8 heteroatoms. The molecule has 18 heavy (non-hydrogen) atoms. The summed E-state index contributed by atoms with van der Waals surface area (Å²) in [7, 11) is 0. The number of nitrogens with zero attached hydrogens (tertiary/aromatic N) is 2. The van der Waals surface area contributed by atoms with E-state index in [-0.39, 0.29) is 12.5 Å². The molecule has 0 saturated heterocycles. The number of nitrogens with one attached hydrogen (secondary N) is 3. The van der Waals surface area contributed by atoms with Gasteiger partial charge in [-0.25, -0.2) is 15.8 Å². The van der Waals surface area contributed by atoms with Gasteiger partial charge in [0, 0.05) is 6.54 Å². The van der Waals surface area contributed by atoms with Crippen molar-refractivity contribution in [2.24, 2.45) is 11.8 Å². The molecule has 1 amide bonds. The van der Waals surface area contributed by atoms with E-state index < -0.39 is 0 Å². The van der Waals surface area contributed by atoms with Crippen LogP contribution in [-0.2, 0) is 4.79 Å². The highest BCUT2D eigenvalue weighted by molar-refractivity contribution is 9.10. The number of carbonyl (C=O) groups is 1. The van der Waals surface area contributed by atoms with Crippen molar-refractivity contribution in [3.05, 3.63) is 10.8 Å². The average Bonchev–Trinajstić information content (AvgIpc) is 2.35. The van der Waals surface area contributed by atoms with Crippen molar-refractivity contribution in [3.63, 3.8) is 0 Å². The van der Waals surface area contributed by atoms with Crippen molar-refractivity contribution in [2.45, 2.75) is 13.8 Å². The molecular weight excluding hydrogens is 300 g/mol. The standard InChI is InChI=1S/C10H17BrN6O/c1-6(2)3-13-7(18)4-14-9-8(11)10(17-12)16-5-15-9/h5-6H,3-4,12H2,1-2H3,(H,13,18)(H2,14,15,16,17). The molecule has 0 aliphatic rings. The van der Waals surface area contributed by atoms with Gasteiger partial charge >= 0.3 is 0 Å². The van der Waals surface area contributed by atoms with E-state index in [1.54, 1.807) is 0 Å². The van der Waals surface area contributed by atoms with Crippen LogP contribution in [0.3, 0.4) is 0 Å². The minimum Gasteiger partial charge on any atom is -0.360 e. The highest BCUT2D eigenvalue weighted by Gasteiger charge is 2.09. The Morgan fingerprint density at radius 3 is 2.72 bits per heavy atom. The number of rotatable bonds is 6. The van der Waals surface area contributed by atoms with Crippen molar-refractivity contribution in [1.82, 2.24) is 15.3 Å². The van der Waals surface area contributed by atoms with E-state index in [0.717, 1.165) is 0 Å². The summed E-state index contributed by atoms with van der Waals surface area (Å²) in [6.45, 7) is 4.87. The van der Waals surface area contributed by atoms with Crippen LogP contribution in [0.1, 0.15) is 13.8 Å². The number of anilines is 2. The van der Waals surface area contributed by atoms with Gasteiger partial charge in [0.15, 0.2) is 5.82 Å². The maximum atomic E-state index is 11.5. The first-order valence-corrected chi connectivity index (χ1v) is 6.31. The second kappa shape index (κ2) is 7.12. The lowest BCUT2D eigenvalue weighted by molar-refractivity contribution is -0.119. The van der Waals surface area contributed by atoms with E-state index in [1.807, 2.05) is 13.8 Å². The molecule has 0 spiro atoms. The Morgan fingerprint density at radius 2 is 2.11 bits per heavy atom. The van der Waals surface area contributed by atoms with Crippen molar-refractivity contribution in [2.75, 3.05) is 23.8 Å². The fourth-order valence-electron chi connectivity index (χ4n) is 1.14. The normalized spacial score (nSPS) is 10.3. The molecule has 1 aromatic rings. The van der Waals surface area contributed by atoms with Crippen molar-refractivity contribution in [3.8, 4) is 0 Å². The Labute approximate surface area is 114 Å². The van der Waals surface area contributed by atoms with Gasteiger partial charge in [-0.3, -0.25) is 4.79 Å². The third kappa shape index (κ3) is 4.46. The van der Waals surface area contributed by atoms with Gasteiger partial charge in [-0.2, -0.15) is 0 Å².